The average Bonchev–Trinajstić information content (AvgIpc) is 2.70. The van der Waals surface area contributed by atoms with Crippen LogP contribution < -0.4 is 0 Å². The first-order chi connectivity index (χ1) is 13.5. The Kier molecular flexibility index (Phi) is 11.6. The lowest BCUT2D eigenvalue weighted by Gasteiger charge is -2.14. The molecule has 0 aliphatic heterocycles. The maximum absolute atomic E-state index is 12.0. The minimum atomic E-state index is -1.16. The van der Waals surface area contributed by atoms with Crippen LogP contribution in [0.15, 0.2) is 24.3 Å². The topological polar surface area (TPSA) is 89.9 Å². The number of benzene rings is 1. The van der Waals surface area contributed by atoms with Crippen molar-refractivity contribution >= 4 is 17.9 Å². The molecular weight excluding hydrogens is 360 g/mol. The summed E-state index contributed by atoms with van der Waals surface area (Å²) in [5, 5.41) is 9.09. The van der Waals surface area contributed by atoms with Crippen molar-refractivity contribution in [1.29, 1.82) is 0 Å². The maximum atomic E-state index is 12.0. The molecule has 6 heteroatoms. The highest BCUT2D eigenvalue weighted by molar-refractivity contribution is 6.02. The largest absolute Gasteiger partial charge is 0.478 e. The number of ether oxygens (including phenoxy) is 2. The van der Waals surface area contributed by atoms with E-state index in [-0.39, 0.29) is 23.7 Å². The number of carbonyl (C=O) groups is 3. The summed E-state index contributed by atoms with van der Waals surface area (Å²) >= 11 is 0. The minimum Gasteiger partial charge on any atom is -0.478 e. The van der Waals surface area contributed by atoms with Gasteiger partial charge in [-0.15, -0.1) is 0 Å². The van der Waals surface area contributed by atoms with Gasteiger partial charge in [0, 0.05) is 6.42 Å². The predicted molar refractivity (Wildman–Crippen MR) is 106 cm³/mol. The maximum Gasteiger partial charge on any atom is 0.339 e. The molecule has 0 spiro atoms. The van der Waals surface area contributed by atoms with Crippen LogP contribution in [-0.4, -0.2) is 36.2 Å². The first-order valence-electron chi connectivity index (χ1n) is 10.1. The van der Waals surface area contributed by atoms with Gasteiger partial charge in [-0.05, 0) is 43.7 Å². The number of aromatic carboxylic acids is 1. The van der Waals surface area contributed by atoms with Crippen LogP contribution in [0.4, 0.5) is 0 Å². The summed E-state index contributed by atoms with van der Waals surface area (Å²) in [6.45, 7) is 4.96. The average molecular weight is 392 g/mol. The summed E-state index contributed by atoms with van der Waals surface area (Å²) in [6.07, 6.45) is 6.80. The Bertz CT molecular complexity index is 625. The molecule has 0 aromatic heterocycles. The van der Waals surface area contributed by atoms with Gasteiger partial charge < -0.3 is 14.6 Å². The van der Waals surface area contributed by atoms with E-state index in [2.05, 4.69) is 13.8 Å². The summed E-state index contributed by atoms with van der Waals surface area (Å²) < 4.78 is 10.5. The van der Waals surface area contributed by atoms with Gasteiger partial charge in [0.1, 0.15) is 0 Å². The first kappa shape index (κ1) is 23.7. The molecule has 1 unspecified atom stereocenters. The van der Waals surface area contributed by atoms with Gasteiger partial charge in [0.25, 0.3) is 0 Å². The van der Waals surface area contributed by atoms with Crippen LogP contribution in [0, 0.1) is 5.92 Å². The van der Waals surface area contributed by atoms with Gasteiger partial charge in [-0.2, -0.15) is 0 Å². The second kappa shape index (κ2) is 13.7. The SMILES string of the molecule is CCCCC(CC)COC(=O)CCCCCOC(=O)c1ccccc1C(=O)O. The molecule has 1 atom stereocenters. The van der Waals surface area contributed by atoms with Crippen molar-refractivity contribution in [3.05, 3.63) is 35.4 Å². The van der Waals surface area contributed by atoms with Gasteiger partial charge in [-0.25, -0.2) is 9.59 Å². The molecule has 28 heavy (non-hydrogen) atoms. The fourth-order valence-corrected chi connectivity index (χ4v) is 2.82. The Morgan fingerprint density at radius 1 is 0.964 bits per heavy atom. The molecule has 0 bridgehead atoms. The Balaban J connectivity index is 2.18. The number of carboxylic acid groups (broad SMARTS) is 1. The highest BCUT2D eigenvalue weighted by atomic mass is 16.5. The van der Waals surface area contributed by atoms with E-state index in [4.69, 9.17) is 14.6 Å². The van der Waals surface area contributed by atoms with Crippen molar-refractivity contribution in [2.45, 2.75) is 65.2 Å². The second-order valence-corrected chi connectivity index (χ2v) is 6.90. The van der Waals surface area contributed by atoms with E-state index in [1.807, 2.05) is 0 Å². The minimum absolute atomic E-state index is 0.0483. The van der Waals surface area contributed by atoms with E-state index in [1.54, 1.807) is 12.1 Å². The molecular formula is C22H32O6. The highest BCUT2D eigenvalue weighted by Gasteiger charge is 2.16. The van der Waals surface area contributed by atoms with Crippen LogP contribution in [0.2, 0.25) is 0 Å². The van der Waals surface area contributed by atoms with Crippen molar-refractivity contribution in [3.63, 3.8) is 0 Å². The molecule has 0 heterocycles. The van der Waals surface area contributed by atoms with Crippen molar-refractivity contribution in [1.82, 2.24) is 0 Å². The van der Waals surface area contributed by atoms with E-state index in [0.717, 1.165) is 32.1 Å². The van der Waals surface area contributed by atoms with Crippen LogP contribution >= 0.6 is 0 Å². The number of unbranched alkanes of at least 4 members (excludes halogenated alkanes) is 3. The monoisotopic (exact) mass is 392 g/mol. The number of hydrogen-bond acceptors (Lipinski definition) is 5. The van der Waals surface area contributed by atoms with E-state index in [0.29, 0.717) is 31.8 Å². The van der Waals surface area contributed by atoms with E-state index < -0.39 is 11.9 Å². The number of carboxylic acids is 1. The van der Waals surface area contributed by atoms with Crippen LogP contribution in [-0.2, 0) is 14.3 Å². The quantitative estimate of drug-likeness (QED) is 0.359. The summed E-state index contributed by atoms with van der Waals surface area (Å²) in [5.74, 6) is -1.54. The molecule has 1 rings (SSSR count). The molecule has 1 aromatic rings. The number of hydrogen-bond donors (Lipinski definition) is 1. The lowest BCUT2D eigenvalue weighted by atomic mass is 10.0. The molecule has 0 fully saturated rings. The number of carbonyl (C=O) groups excluding carboxylic acids is 2. The molecule has 156 valence electrons. The first-order valence-corrected chi connectivity index (χ1v) is 10.1. The van der Waals surface area contributed by atoms with Crippen molar-refractivity contribution < 1.29 is 29.0 Å². The normalized spacial score (nSPS) is 11.6. The second-order valence-electron chi connectivity index (χ2n) is 6.90. The summed E-state index contributed by atoms with van der Waals surface area (Å²) in [6, 6.07) is 5.97. The zero-order chi connectivity index (χ0) is 20.8. The molecule has 1 N–H and O–H groups in total. The van der Waals surface area contributed by atoms with Crippen LogP contribution in [0.1, 0.15) is 85.9 Å². The summed E-state index contributed by atoms with van der Waals surface area (Å²) in [7, 11) is 0. The molecule has 1 aromatic carbocycles. The van der Waals surface area contributed by atoms with Crippen LogP contribution in [0.5, 0.6) is 0 Å². The van der Waals surface area contributed by atoms with Crippen LogP contribution in [0.3, 0.4) is 0 Å². The van der Waals surface area contributed by atoms with E-state index in [1.165, 1.54) is 12.1 Å². The molecule has 0 saturated carbocycles. The van der Waals surface area contributed by atoms with Gasteiger partial charge >= 0.3 is 17.9 Å². The van der Waals surface area contributed by atoms with Gasteiger partial charge in [0.15, 0.2) is 0 Å². The van der Waals surface area contributed by atoms with Gasteiger partial charge in [-0.1, -0.05) is 45.2 Å². The van der Waals surface area contributed by atoms with Crippen molar-refractivity contribution in [2.75, 3.05) is 13.2 Å². The summed E-state index contributed by atoms with van der Waals surface area (Å²) in [5.41, 5.74) is -0.0216. The lowest BCUT2D eigenvalue weighted by molar-refractivity contribution is -0.145. The number of rotatable bonds is 14. The fourth-order valence-electron chi connectivity index (χ4n) is 2.82. The zero-order valence-electron chi connectivity index (χ0n) is 16.9. The highest BCUT2D eigenvalue weighted by Crippen LogP contribution is 2.14. The van der Waals surface area contributed by atoms with Gasteiger partial charge in [0.05, 0.1) is 24.3 Å². The Morgan fingerprint density at radius 3 is 2.32 bits per heavy atom. The van der Waals surface area contributed by atoms with Crippen molar-refractivity contribution in [3.8, 4) is 0 Å². The lowest BCUT2D eigenvalue weighted by Crippen LogP contribution is -2.14. The molecule has 0 radical (unpaired) electrons. The molecule has 0 amide bonds. The standard InChI is InChI=1S/C22H32O6/c1-3-5-11-17(4-2)16-28-20(23)14-7-6-10-15-27-22(26)19-13-9-8-12-18(19)21(24)25/h8-9,12-13,17H,3-7,10-11,14-16H2,1-2H3,(H,24,25). The molecule has 0 aliphatic rings. The third-order valence-electron chi connectivity index (χ3n) is 4.66. The Labute approximate surface area is 167 Å². The van der Waals surface area contributed by atoms with E-state index in [9.17, 15) is 14.4 Å². The van der Waals surface area contributed by atoms with Crippen molar-refractivity contribution in [2.24, 2.45) is 5.92 Å². The third-order valence-corrected chi connectivity index (χ3v) is 4.66. The fraction of sp³-hybridized carbons (Fsp3) is 0.591. The summed E-state index contributed by atoms with van der Waals surface area (Å²) in [4.78, 5) is 34.9. The third kappa shape index (κ3) is 9.02. The molecule has 6 nitrogen and oxygen atoms in total. The molecule has 0 aliphatic carbocycles. The Morgan fingerprint density at radius 2 is 1.68 bits per heavy atom. The van der Waals surface area contributed by atoms with Crippen LogP contribution in [0.25, 0.3) is 0 Å². The number of esters is 2. The zero-order valence-corrected chi connectivity index (χ0v) is 16.9. The van der Waals surface area contributed by atoms with E-state index >= 15 is 0 Å². The smallest absolute Gasteiger partial charge is 0.339 e. The predicted octanol–water partition coefficient (Wildman–Crippen LogP) is 4.86. The molecule has 0 saturated heterocycles. The van der Waals surface area contributed by atoms with Gasteiger partial charge in [-0.3, -0.25) is 4.79 Å². The Hall–Kier alpha value is -2.37. The van der Waals surface area contributed by atoms with Gasteiger partial charge in [0.2, 0.25) is 0 Å².